The van der Waals surface area contributed by atoms with E-state index in [4.69, 9.17) is 4.74 Å². The SMILES string of the molecule is CCC(Oc1ccc(C2CCC(NC(C)c3cccc4ccccc34)C2)cc1)C(=O)O. The summed E-state index contributed by atoms with van der Waals surface area (Å²) in [6.45, 7) is 4.08. The Bertz CT molecular complexity index is 1020. The highest BCUT2D eigenvalue weighted by Crippen LogP contribution is 2.36. The fourth-order valence-corrected chi connectivity index (χ4v) is 4.80. The van der Waals surface area contributed by atoms with Gasteiger partial charge in [0.2, 0.25) is 0 Å². The minimum Gasteiger partial charge on any atom is -0.479 e. The number of ether oxygens (including phenoxy) is 1. The molecule has 3 aromatic carbocycles. The van der Waals surface area contributed by atoms with Crippen molar-refractivity contribution in [2.75, 3.05) is 0 Å². The molecule has 0 aromatic heterocycles. The zero-order valence-electron chi connectivity index (χ0n) is 18.3. The van der Waals surface area contributed by atoms with Crippen LogP contribution in [0.5, 0.6) is 5.75 Å². The zero-order valence-corrected chi connectivity index (χ0v) is 18.3. The molecular formula is C27H31NO3. The highest BCUT2D eigenvalue weighted by atomic mass is 16.5. The van der Waals surface area contributed by atoms with Crippen LogP contribution in [0.1, 0.15) is 62.6 Å². The van der Waals surface area contributed by atoms with Gasteiger partial charge in [0.1, 0.15) is 5.75 Å². The van der Waals surface area contributed by atoms with E-state index in [2.05, 4.69) is 66.8 Å². The smallest absolute Gasteiger partial charge is 0.344 e. The molecule has 1 aliphatic rings. The molecular weight excluding hydrogens is 386 g/mol. The van der Waals surface area contributed by atoms with Gasteiger partial charge >= 0.3 is 5.97 Å². The van der Waals surface area contributed by atoms with Crippen molar-refractivity contribution < 1.29 is 14.6 Å². The van der Waals surface area contributed by atoms with Crippen molar-refractivity contribution in [2.45, 2.75) is 63.6 Å². The molecule has 0 radical (unpaired) electrons. The first kappa shape index (κ1) is 21.4. The number of carboxylic acid groups (broad SMARTS) is 1. The van der Waals surface area contributed by atoms with E-state index in [0.717, 1.165) is 19.3 Å². The number of benzene rings is 3. The molecule has 4 atom stereocenters. The molecule has 31 heavy (non-hydrogen) atoms. The molecule has 0 aliphatic heterocycles. The highest BCUT2D eigenvalue weighted by Gasteiger charge is 2.27. The quantitative estimate of drug-likeness (QED) is 0.467. The lowest BCUT2D eigenvalue weighted by atomic mass is 9.96. The Balaban J connectivity index is 1.37. The maximum atomic E-state index is 11.2. The number of aliphatic carboxylic acids is 1. The third-order valence-corrected chi connectivity index (χ3v) is 6.48. The molecule has 1 fully saturated rings. The van der Waals surface area contributed by atoms with Gasteiger partial charge in [-0.05, 0) is 72.6 Å². The van der Waals surface area contributed by atoms with Gasteiger partial charge in [-0.3, -0.25) is 0 Å². The third kappa shape index (κ3) is 4.91. The Labute approximate surface area is 184 Å². The fourth-order valence-electron chi connectivity index (χ4n) is 4.80. The topological polar surface area (TPSA) is 58.6 Å². The minimum atomic E-state index is -0.920. The summed E-state index contributed by atoms with van der Waals surface area (Å²) in [5.74, 6) is 0.222. The van der Waals surface area contributed by atoms with Crippen LogP contribution in [0.2, 0.25) is 0 Å². The van der Waals surface area contributed by atoms with Gasteiger partial charge < -0.3 is 15.2 Å². The number of carboxylic acids is 1. The summed E-state index contributed by atoms with van der Waals surface area (Å²) in [5.41, 5.74) is 2.66. The van der Waals surface area contributed by atoms with Crippen LogP contribution in [-0.2, 0) is 4.79 Å². The van der Waals surface area contributed by atoms with Crippen LogP contribution in [-0.4, -0.2) is 23.2 Å². The Kier molecular flexibility index (Phi) is 6.57. The third-order valence-electron chi connectivity index (χ3n) is 6.48. The van der Waals surface area contributed by atoms with Crippen LogP contribution in [0.15, 0.2) is 66.7 Å². The maximum absolute atomic E-state index is 11.2. The summed E-state index contributed by atoms with van der Waals surface area (Å²) >= 11 is 0. The molecule has 162 valence electrons. The molecule has 0 heterocycles. The lowest BCUT2D eigenvalue weighted by molar-refractivity contribution is -0.145. The Morgan fingerprint density at radius 2 is 1.81 bits per heavy atom. The van der Waals surface area contributed by atoms with Crippen molar-refractivity contribution in [1.82, 2.24) is 5.32 Å². The average Bonchev–Trinajstić information content (AvgIpc) is 3.25. The highest BCUT2D eigenvalue weighted by molar-refractivity contribution is 5.86. The van der Waals surface area contributed by atoms with Gasteiger partial charge in [0, 0.05) is 12.1 Å². The second-order valence-electron chi connectivity index (χ2n) is 8.59. The largest absolute Gasteiger partial charge is 0.479 e. The van der Waals surface area contributed by atoms with Crippen molar-refractivity contribution in [3.05, 3.63) is 77.9 Å². The van der Waals surface area contributed by atoms with Crippen LogP contribution >= 0.6 is 0 Å². The van der Waals surface area contributed by atoms with Gasteiger partial charge in [0.15, 0.2) is 6.10 Å². The molecule has 4 unspecified atom stereocenters. The predicted octanol–water partition coefficient (Wildman–Crippen LogP) is 6.07. The first-order valence-electron chi connectivity index (χ1n) is 11.3. The normalized spacial score (nSPS) is 20.5. The molecule has 4 rings (SSSR count). The summed E-state index contributed by atoms with van der Waals surface area (Å²) in [6, 6.07) is 23.9. The molecule has 2 N–H and O–H groups in total. The molecule has 0 saturated heterocycles. The second kappa shape index (κ2) is 9.52. The summed E-state index contributed by atoms with van der Waals surface area (Å²) in [5, 5.41) is 15.6. The molecule has 0 bridgehead atoms. The van der Waals surface area contributed by atoms with Crippen molar-refractivity contribution in [2.24, 2.45) is 0 Å². The second-order valence-corrected chi connectivity index (χ2v) is 8.59. The molecule has 0 spiro atoms. The Morgan fingerprint density at radius 3 is 2.55 bits per heavy atom. The van der Waals surface area contributed by atoms with Gasteiger partial charge in [0.05, 0.1) is 0 Å². The number of hydrogen-bond acceptors (Lipinski definition) is 3. The first-order valence-corrected chi connectivity index (χ1v) is 11.3. The monoisotopic (exact) mass is 417 g/mol. The average molecular weight is 418 g/mol. The van der Waals surface area contributed by atoms with Gasteiger partial charge in [-0.1, -0.05) is 61.5 Å². The molecule has 1 aliphatic carbocycles. The lowest BCUT2D eigenvalue weighted by Crippen LogP contribution is -2.29. The van der Waals surface area contributed by atoms with E-state index in [0.29, 0.717) is 30.2 Å². The summed E-state index contributed by atoms with van der Waals surface area (Å²) in [6.07, 6.45) is 3.09. The molecule has 4 nitrogen and oxygen atoms in total. The van der Waals surface area contributed by atoms with Crippen molar-refractivity contribution in [1.29, 1.82) is 0 Å². The van der Waals surface area contributed by atoms with E-state index in [-0.39, 0.29) is 0 Å². The van der Waals surface area contributed by atoms with Crippen LogP contribution in [0.25, 0.3) is 10.8 Å². The van der Waals surface area contributed by atoms with Crippen LogP contribution < -0.4 is 10.1 Å². The van der Waals surface area contributed by atoms with Gasteiger partial charge in [0.25, 0.3) is 0 Å². The predicted molar refractivity (Wildman–Crippen MR) is 125 cm³/mol. The number of nitrogens with one attached hydrogen (secondary N) is 1. The summed E-state index contributed by atoms with van der Waals surface area (Å²) in [4.78, 5) is 11.2. The Morgan fingerprint density at radius 1 is 1.06 bits per heavy atom. The van der Waals surface area contributed by atoms with Crippen LogP contribution in [0.4, 0.5) is 0 Å². The van der Waals surface area contributed by atoms with E-state index >= 15 is 0 Å². The Hall–Kier alpha value is -2.85. The maximum Gasteiger partial charge on any atom is 0.344 e. The summed E-state index contributed by atoms with van der Waals surface area (Å²) < 4.78 is 5.59. The number of fused-ring (bicyclic) bond motifs is 1. The van der Waals surface area contributed by atoms with Gasteiger partial charge in [-0.15, -0.1) is 0 Å². The van der Waals surface area contributed by atoms with Gasteiger partial charge in [-0.25, -0.2) is 4.79 Å². The van der Waals surface area contributed by atoms with Crippen molar-refractivity contribution >= 4 is 16.7 Å². The molecule has 4 heteroatoms. The van der Waals surface area contributed by atoms with E-state index in [1.165, 1.54) is 21.9 Å². The van der Waals surface area contributed by atoms with E-state index in [1.54, 1.807) is 0 Å². The molecule has 0 amide bonds. The molecule has 3 aromatic rings. The van der Waals surface area contributed by atoms with Crippen LogP contribution in [0, 0.1) is 0 Å². The van der Waals surface area contributed by atoms with Gasteiger partial charge in [-0.2, -0.15) is 0 Å². The van der Waals surface area contributed by atoms with E-state index in [1.807, 2.05) is 19.1 Å². The van der Waals surface area contributed by atoms with E-state index in [9.17, 15) is 9.90 Å². The lowest BCUT2D eigenvalue weighted by Gasteiger charge is -2.22. The standard InChI is InChI=1S/C27H31NO3/c1-3-26(27(29)30)31-23-15-12-19(13-16-23)21-11-14-22(17-21)28-18(2)24-10-6-8-20-7-4-5-9-25(20)24/h4-10,12-13,15-16,18,21-22,26,28H,3,11,14,17H2,1-2H3,(H,29,30). The number of rotatable bonds is 8. The number of hydrogen-bond donors (Lipinski definition) is 2. The molecule has 1 saturated carbocycles. The minimum absolute atomic E-state index is 0.299. The fraction of sp³-hybridized carbons (Fsp3) is 0.370. The van der Waals surface area contributed by atoms with E-state index < -0.39 is 12.1 Å². The zero-order chi connectivity index (χ0) is 21.8. The van der Waals surface area contributed by atoms with Crippen LogP contribution in [0.3, 0.4) is 0 Å². The first-order chi connectivity index (χ1) is 15.0. The van der Waals surface area contributed by atoms with Crippen molar-refractivity contribution in [3.8, 4) is 5.75 Å². The summed E-state index contributed by atoms with van der Waals surface area (Å²) in [7, 11) is 0. The number of carbonyl (C=O) groups is 1. The van der Waals surface area contributed by atoms with Crippen molar-refractivity contribution in [3.63, 3.8) is 0 Å².